The van der Waals surface area contributed by atoms with E-state index in [1.165, 1.54) is 0 Å². The fourth-order valence-corrected chi connectivity index (χ4v) is 0.327. The highest BCUT2D eigenvalue weighted by Gasteiger charge is 1.93. The van der Waals surface area contributed by atoms with Crippen molar-refractivity contribution in [1.29, 1.82) is 0 Å². The van der Waals surface area contributed by atoms with E-state index in [2.05, 4.69) is 0 Å². The summed E-state index contributed by atoms with van der Waals surface area (Å²) in [6.45, 7) is 2.01. The standard InChI is InChI=1S/C4H8Cl2/c1-2-4(6)3-5/h4H,2-3H2,1H3/t4-/m1/s1. The lowest BCUT2D eigenvalue weighted by molar-refractivity contribution is 0.902. The highest BCUT2D eigenvalue weighted by molar-refractivity contribution is 6.28. The van der Waals surface area contributed by atoms with Crippen LogP contribution in [0.4, 0.5) is 0 Å². The Morgan fingerprint density at radius 1 is 1.67 bits per heavy atom. The number of hydrogen-bond acceptors (Lipinski definition) is 0. The van der Waals surface area contributed by atoms with Gasteiger partial charge in [0.25, 0.3) is 0 Å². The molecule has 0 saturated carbocycles. The average Bonchev–Trinajstić information content (AvgIpc) is 1.65. The predicted octanol–water partition coefficient (Wildman–Crippen LogP) is 2.24. The summed E-state index contributed by atoms with van der Waals surface area (Å²) >= 11 is 10.8. The molecule has 0 nitrogen and oxygen atoms in total. The quantitative estimate of drug-likeness (QED) is 0.499. The summed E-state index contributed by atoms with van der Waals surface area (Å²) in [5, 5.41) is 0.173. The molecule has 0 saturated heterocycles. The maximum Gasteiger partial charge on any atom is 0.0468 e. The van der Waals surface area contributed by atoms with E-state index in [1.807, 2.05) is 6.92 Å². The van der Waals surface area contributed by atoms with Gasteiger partial charge in [0.2, 0.25) is 0 Å². The predicted molar refractivity (Wildman–Crippen MR) is 30.7 cm³/mol. The van der Waals surface area contributed by atoms with Gasteiger partial charge in [0.1, 0.15) is 0 Å². The van der Waals surface area contributed by atoms with E-state index >= 15 is 0 Å². The first-order chi connectivity index (χ1) is 2.81. The minimum Gasteiger partial charge on any atom is -0.125 e. The molecular formula is C4H8Cl2. The second-order valence-corrected chi connectivity index (χ2v) is 2.09. The highest BCUT2D eigenvalue weighted by atomic mass is 35.5. The Bertz CT molecular complexity index is 24.7. The van der Waals surface area contributed by atoms with Crippen LogP contribution in [-0.4, -0.2) is 11.3 Å². The van der Waals surface area contributed by atoms with Crippen molar-refractivity contribution in [2.24, 2.45) is 0 Å². The molecule has 0 aliphatic heterocycles. The molecule has 0 aliphatic rings. The molecule has 0 N–H and O–H groups in total. The van der Waals surface area contributed by atoms with E-state index in [4.69, 9.17) is 23.2 Å². The monoisotopic (exact) mass is 126 g/mol. The van der Waals surface area contributed by atoms with Gasteiger partial charge in [-0.05, 0) is 6.42 Å². The van der Waals surface area contributed by atoms with E-state index < -0.39 is 0 Å². The van der Waals surface area contributed by atoms with Gasteiger partial charge in [-0.3, -0.25) is 0 Å². The molecule has 0 heterocycles. The Balaban J connectivity index is 2.75. The molecule has 38 valence electrons. The van der Waals surface area contributed by atoms with Crippen LogP contribution in [0.3, 0.4) is 0 Å². The number of alkyl halides is 2. The number of hydrogen-bond donors (Lipinski definition) is 0. The van der Waals surface area contributed by atoms with Gasteiger partial charge < -0.3 is 0 Å². The Labute approximate surface area is 48.4 Å². The zero-order chi connectivity index (χ0) is 4.99. The van der Waals surface area contributed by atoms with Gasteiger partial charge in [-0.2, -0.15) is 0 Å². The zero-order valence-corrected chi connectivity index (χ0v) is 5.26. The van der Waals surface area contributed by atoms with Crippen molar-refractivity contribution in [2.75, 3.05) is 5.88 Å². The maximum atomic E-state index is 5.52. The van der Waals surface area contributed by atoms with E-state index in [9.17, 15) is 0 Å². The summed E-state index contributed by atoms with van der Waals surface area (Å²) in [6, 6.07) is 0. The zero-order valence-electron chi connectivity index (χ0n) is 3.75. The molecule has 0 fully saturated rings. The molecule has 0 aliphatic carbocycles. The Hall–Kier alpha value is 0.580. The van der Waals surface area contributed by atoms with E-state index in [0.717, 1.165) is 6.42 Å². The van der Waals surface area contributed by atoms with Gasteiger partial charge in [-0.15, -0.1) is 23.2 Å². The Morgan fingerprint density at radius 2 is 2.17 bits per heavy atom. The summed E-state index contributed by atoms with van der Waals surface area (Å²) in [5.41, 5.74) is 0. The number of rotatable bonds is 2. The van der Waals surface area contributed by atoms with Crippen LogP contribution >= 0.6 is 23.2 Å². The van der Waals surface area contributed by atoms with Crippen molar-refractivity contribution in [3.8, 4) is 0 Å². The summed E-state index contributed by atoms with van der Waals surface area (Å²) < 4.78 is 0. The molecule has 0 aromatic heterocycles. The first-order valence-corrected chi connectivity index (χ1v) is 2.98. The van der Waals surface area contributed by atoms with Crippen LogP contribution in [0.2, 0.25) is 0 Å². The Morgan fingerprint density at radius 3 is 2.17 bits per heavy atom. The third-order valence-corrected chi connectivity index (χ3v) is 1.60. The second-order valence-electron chi connectivity index (χ2n) is 1.16. The fourth-order valence-electron chi connectivity index (χ4n) is 0.109. The maximum absolute atomic E-state index is 5.52. The van der Waals surface area contributed by atoms with Gasteiger partial charge in [0.15, 0.2) is 0 Å². The van der Waals surface area contributed by atoms with Gasteiger partial charge in [0, 0.05) is 11.3 Å². The molecule has 0 spiro atoms. The smallest absolute Gasteiger partial charge is 0.0468 e. The highest BCUT2D eigenvalue weighted by Crippen LogP contribution is 2.01. The van der Waals surface area contributed by atoms with Crippen molar-refractivity contribution in [1.82, 2.24) is 0 Å². The molecule has 1 atom stereocenters. The third kappa shape index (κ3) is 2.80. The van der Waals surface area contributed by atoms with Crippen molar-refractivity contribution in [2.45, 2.75) is 18.7 Å². The molecule has 0 rings (SSSR count). The second kappa shape index (κ2) is 3.76. The third-order valence-electron chi connectivity index (χ3n) is 0.610. The topological polar surface area (TPSA) is 0 Å². The van der Waals surface area contributed by atoms with Gasteiger partial charge in [-0.1, -0.05) is 6.92 Å². The van der Waals surface area contributed by atoms with Crippen LogP contribution in [0.15, 0.2) is 0 Å². The molecule has 2 heteroatoms. The van der Waals surface area contributed by atoms with Crippen LogP contribution in [0.1, 0.15) is 13.3 Å². The summed E-state index contributed by atoms with van der Waals surface area (Å²) in [6.07, 6.45) is 0.963. The van der Waals surface area contributed by atoms with Crippen LogP contribution in [0.5, 0.6) is 0 Å². The van der Waals surface area contributed by atoms with Crippen LogP contribution in [0.25, 0.3) is 0 Å². The van der Waals surface area contributed by atoms with Crippen LogP contribution in [0, 0.1) is 0 Å². The van der Waals surface area contributed by atoms with Crippen molar-refractivity contribution >= 4 is 23.2 Å². The lowest BCUT2D eigenvalue weighted by Gasteiger charge is -1.94. The normalized spacial score (nSPS) is 14.5. The summed E-state index contributed by atoms with van der Waals surface area (Å²) in [5.74, 6) is 0.568. The van der Waals surface area contributed by atoms with E-state index in [-0.39, 0.29) is 5.38 Å². The lowest BCUT2D eigenvalue weighted by atomic mass is 10.4. The van der Waals surface area contributed by atoms with Crippen LogP contribution < -0.4 is 0 Å². The molecule has 0 bridgehead atoms. The lowest BCUT2D eigenvalue weighted by Crippen LogP contribution is -1.94. The molecular weight excluding hydrogens is 119 g/mol. The average molecular weight is 127 g/mol. The largest absolute Gasteiger partial charge is 0.125 e. The summed E-state index contributed by atoms with van der Waals surface area (Å²) in [7, 11) is 0. The van der Waals surface area contributed by atoms with E-state index in [0.29, 0.717) is 5.88 Å². The van der Waals surface area contributed by atoms with Crippen LogP contribution in [-0.2, 0) is 0 Å². The summed E-state index contributed by atoms with van der Waals surface area (Å²) in [4.78, 5) is 0. The molecule has 0 amide bonds. The van der Waals surface area contributed by atoms with Crippen molar-refractivity contribution < 1.29 is 0 Å². The minimum atomic E-state index is 0.173. The van der Waals surface area contributed by atoms with Gasteiger partial charge >= 0.3 is 0 Å². The first kappa shape index (κ1) is 6.58. The van der Waals surface area contributed by atoms with Crippen molar-refractivity contribution in [3.63, 3.8) is 0 Å². The Kier molecular flexibility index (Phi) is 4.12. The van der Waals surface area contributed by atoms with Crippen molar-refractivity contribution in [3.05, 3.63) is 0 Å². The molecule has 0 unspecified atom stereocenters. The van der Waals surface area contributed by atoms with E-state index in [1.54, 1.807) is 0 Å². The molecule has 0 aromatic rings. The van der Waals surface area contributed by atoms with Gasteiger partial charge in [-0.25, -0.2) is 0 Å². The van der Waals surface area contributed by atoms with Gasteiger partial charge in [0.05, 0.1) is 0 Å². The molecule has 6 heavy (non-hydrogen) atoms. The molecule has 0 radical (unpaired) electrons. The number of halogens is 2. The first-order valence-electron chi connectivity index (χ1n) is 2.01. The molecule has 0 aromatic carbocycles. The minimum absolute atomic E-state index is 0.173. The fraction of sp³-hybridized carbons (Fsp3) is 1.00. The SMILES string of the molecule is CC[C@@H](Cl)CCl.